The zero-order chi connectivity index (χ0) is 16.7. The lowest BCUT2D eigenvalue weighted by atomic mass is 10.2. The molecule has 0 aliphatic carbocycles. The minimum absolute atomic E-state index is 0.121. The fraction of sp³-hybridized carbons (Fsp3) is 0.125. The third kappa shape index (κ3) is 2.39. The number of hydrogen-bond acceptors (Lipinski definition) is 4. The lowest BCUT2D eigenvalue weighted by Gasteiger charge is -2.05. The molecule has 8 heteroatoms. The Balaban J connectivity index is 1.73. The van der Waals surface area contributed by atoms with Gasteiger partial charge in [-0.05, 0) is 35.4 Å². The number of fused-ring (bicyclic) bond motifs is 1. The second kappa shape index (κ2) is 5.61. The van der Waals surface area contributed by atoms with Gasteiger partial charge in [0.15, 0.2) is 5.65 Å². The summed E-state index contributed by atoms with van der Waals surface area (Å²) in [6.45, 7) is 0.406. The van der Waals surface area contributed by atoms with E-state index < -0.39 is 0 Å². The molecule has 0 bridgehead atoms. The first-order valence-corrected chi connectivity index (χ1v) is 7.68. The number of rotatable bonds is 3. The van der Waals surface area contributed by atoms with Gasteiger partial charge in [-0.3, -0.25) is 9.13 Å². The van der Waals surface area contributed by atoms with Crippen molar-refractivity contribution in [2.75, 3.05) is 0 Å². The highest BCUT2D eigenvalue weighted by molar-refractivity contribution is 6.28. The van der Waals surface area contributed by atoms with E-state index in [0.29, 0.717) is 17.7 Å². The van der Waals surface area contributed by atoms with Gasteiger partial charge in [0, 0.05) is 19.4 Å². The molecule has 0 aliphatic heterocycles. The van der Waals surface area contributed by atoms with Crippen LogP contribution in [0.5, 0.6) is 0 Å². The molecule has 0 spiro atoms. The molecule has 0 fully saturated rings. The normalized spacial score (nSPS) is 11.2. The molecule has 0 aliphatic rings. The predicted octanol–water partition coefficient (Wildman–Crippen LogP) is 2.02. The van der Waals surface area contributed by atoms with Gasteiger partial charge in [-0.2, -0.15) is 10.1 Å². The molecule has 7 nitrogen and oxygen atoms in total. The summed E-state index contributed by atoms with van der Waals surface area (Å²) in [5.41, 5.74) is 2.96. The van der Waals surface area contributed by atoms with Gasteiger partial charge in [-0.1, -0.05) is 12.1 Å². The summed E-state index contributed by atoms with van der Waals surface area (Å²) in [4.78, 5) is 20.6. The molecule has 0 atom stereocenters. The van der Waals surface area contributed by atoms with Crippen molar-refractivity contribution >= 4 is 22.8 Å². The van der Waals surface area contributed by atoms with E-state index in [1.54, 1.807) is 28.7 Å². The molecule has 4 rings (SSSR count). The van der Waals surface area contributed by atoms with Crippen LogP contribution in [-0.4, -0.2) is 28.9 Å². The molecule has 120 valence electrons. The van der Waals surface area contributed by atoms with Crippen LogP contribution in [0, 0.1) is 0 Å². The predicted molar refractivity (Wildman–Crippen MR) is 90.4 cm³/mol. The highest BCUT2D eigenvalue weighted by atomic mass is 35.5. The standard InChI is InChI=1S/C16H13ClN6O/c1-21-13-9-18-15(17)20-14(13)22(16(21)24)10-11-3-5-12(6-4-11)23-8-2-7-19-23/h2-9H,10H2,1H3. The SMILES string of the molecule is Cn1c(=O)n(Cc2ccc(-n3cccn3)cc2)c2nc(Cl)ncc21. The number of halogens is 1. The summed E-state index contributed by atoms with van der Waals surface area (Å²) >= 11 is 5.88. The average Bonchev–Trinajstić information content (AvgIpc) is 3.20. The summed E-state index contributed by atoms with van der Waals surface area (Å²) in [6.07, 6.45) is 5.17. The van der Waals surface area contributed by atoms with E-state index in [-0.39, 0.29) is 11.0 Å². The number of aryl methyl sites for hydroxylation is 1. The van der Waals surface area contributed by atoms with Crippen LogP contribution in [-0.2, 0) is 13.6 Å². The van der Waals surface area contributed by atoms with Gasteiger partial charge in [0.2, 0.25) is 5.28 Å². The second-order valence-corrected chi connectivity index (χ2v) is 5.73. The van der Waals surface area contributed by atoms with E-state index in [9.17, 15) is 4.79 Å². The van der Waals surface area contributed by atoms with Crippen molar-refractivity contribution in [3.8, 4) is 5.69 Å². The maximum absolute atomic E-state index is 12.5. The van der Waals surface area contributed by atoms with Crippen LogP contribution in [0.15, 0.2) is 53.7 Å². The van der Waals surface area contributed by atoms with Gasteiger partial charge < -0.3 is 0 Å². The zero-order valence-corrected chi connectivity index (χ0v) is 13.6. The van der Waals surface area contributed by atoms with Crippen molar-refractivity contribution in [3.63, 3.8) is 0 Å². The third-order valence-electron chi connectivity index (χ3n) is 3.90. The Morgan fingerprint density at radius 3 is 2.71 bits per heavy atom. The van der Waals surface area contributed by atoms with Crippen molar-refractivity contribution in [2.45, 2.75) is 6.54 Å². The van der Waals surface area contributed by atoms with Crippen LogP contribution in [0.25, 0.3) is 16.9 Å². The molecule has 0 saturated heterocycles. The summed E-state index contributed by atoms with van der Waals surface area (Å²) in [5.74, 6) is 0. The molecule has 24 heavy (non-hydrogen) atoms. The summed E-state index contributed by atoms with van der Waals surface area (Å²) in [5, 5.41) is 4.32. The molecule has 3 heterocycles. The zero-order valence-electron chi connectivity index (χ0n) is 12.8. The maximum atomic E-state index is 12.5. The number of imidazole rings is 1. The van der Waals surface area contributed by atoms with Crippen molar-refractivity contribution in [1.29, 1.82) is 0 Å². The van der Waals surface area contributed by atoms with Crippen LogP contribution in [0.1, 0.15) is 5.56 Å². The molecular formula is C16H13ClN6O. The van der Waals surface area contributed by atoms with E-state index in [0.717, 1.165) is 11.3 Å². The van der Waals surface area contributed by atoms with Gasteiger partial charge >= 0.3 is 5.69 Å². The summed E-state index contributed by atoms with van der Waals surface area (Å²) in [6, 6.07) is 9.71. The Morgan fingerprint density at radius 2 is 2.00 bits per heavy atom. The summed E-state index contributed by atoms with van der Waals surface area (Å²) in [7, 11) is 1.69. The Bertz CT molecular complexity index is 1060. The van der Waals surface area contributed by atoms with Crippen LogP contribution in [0.3, 0.4) is 0 Å². The van der Waals surface area contributed by atoms with Gasteiger partial charge in [-0.25, -0.2) is 14.5 Å². The minimum Gasteiger partial charge on any atom is -0.292 e. The quantitative estimate of drug-likeness (QED) is 0.535. The monoisotopic (exact) mass is 340 g/mol. The molecular weight excluding hydrogens is 328 g/mol. The van der Waals surface area contributed by atoms with Gasteiger partial charge in [0.25, 0.3) is 0 Å². The molecule has 0 amide bonds. The Kier molecular flexibility index (Phi) is 3.42. The first-order valence-electron chi connectivity index (χ1n) is 7.30. The van der Waals surface area contributed by atoms with Crippen molar-refractivity contribution in [1.82, 2.24) is 28.9 Å². The highest BCUT2D eigenvalue weighted by Crippen LogP contribution is 2.14. The Labute approximate surface area is 141 Å². The van der Waals surface area contributed by atoms with E-state index in [2.05, 4.69) is 15.1 Å². The highest BCUT2D eigenvalue weighted by Gasteiger charge is 2.13. The van der Waals surface area contributed by atoms with Crippen LogP contribution in [0.4, 0.5) is 0 Å². The van der Waals surface area contributed by atoms with Crippen LogP contribution in [0.2, 0.25) is 5.28 Å². The van der Waals surface area contributed by atoms with Gasteiger partial charge in [0.05, 0.1) is 18.4 Å². The first-order chi connectivity index (χ1) is 11.6. The molecule has 4 aromatic rings. The molecule has 0 unspecified atom stereocenters. The smallest absolute Gasteiger partial charge is 0.292 e. The number of nitrogens with zero attached hydrogens (tertiary/aromatic N) is 6. The largest absolute Gasteiger partial charge is 0.330 e. The summed E-state index contributed by atoms with van der Waals surface area (Å²) < 4.78 is 4.89. The average molecular weight is 341 g/mol. The van der Waals surface area contributed by atoms with E-state index in [1.165, 1.54) is 4.57 Å². The molecule has 0 radical (unpaired) electrons. The minimum atomic E-state index is -0.155. The molecule has 0 N–H and O–H groups in total. The molecule has 1 aromatic carbocycles. The first kappa shape index (κ1) is 14.6. The van der Waals surface area contributed by atoms with E-state index >= 15 is 0 Å². The second-order valence-electron chi connectivity index (χ2n) is 5.39. The number of hydrogen-bond donors (Lipinski definition) is 0. The third-order valence-corrected chi connectivity index (χ3v) is 4.08. The van der Waals surface area contributed by atoms with Crippen molar-refractivity contribution < 1.29 is 0 Å². The lowest BCUT2D eigenvalue weighted by molar-refractivity contribution is 0.731. The topological polar surface area (TPSA) is 70.5 Å². The fourth-order valence-corrected chi connectivity index (χ4v) is 2.79. The van der Waals surface area contributed by atoms with Gasteiger partial charge in [-0.15, -0.1) is 0 Å². The van der Waals surface area contributed by atoms with Crippen LogP contribution < -0.4 is 5.69 Å². The number of benzene rings is 1. The van der Waals surface area contributed by atoms with Crippen molar-refractivity contribution in [3.05, 3.63) is 70.3 Å². The van der Waals surface area contributed by atoms with E-state index in [1.807, 2.05) is 36.5 Å². The maximum Gasteiger partial charge on any atom is 0.330 e. The van der Waals surface area contributed by atoms with Crippen LogP contribution >= 0.6 is 11.6 Å². The molecule has 3 aromatic heterocycles. The fourth-order valence-electron chi connectivity index (χ4n) is 2.66. The molecule has 0 saturated carbocycles. The van der Waals surface area contributed by atoms with Crippen molar-refractivity contribution in [2.24, 2.45) is 7.05 Å². The number of aromatic nitrogens is 6. The Hall–Kier alpha value is -2.93. The van der Waals surface area contributed by atoms with E-state index in [4.69, 9.17) is 11.6 Å². The Morgan fingerprint density at radius 1 is 1.21 bits per heavy atom. The lowest BCUT2D eigenvalue weighted by Crippen LogP contribution is -2.22. The van der Waals surface area contributed by atoms with Gasteiger partial charge in [0.1, 0.15) is 5.52 Å².